The van der Waals surface area contributed by atoms with E-state index in [1.54, 1.807) is 18.2 Å². The van der Waals surface area contributed by atoms with Crippen LogP contribution in [0.4, 0.5) is 0 Å². The molecule has 0 unspecified atom stereocenters. The summed E-state index contributed by atoms with van der Waals surface area (Å²) in [6.45, 7) is 5.22. The van der Waals surface area contributed by atoms with Crippen molar-refractivity contribution in [3.05, 3.63) is 65.5 Å². The van der Waals surface area contributed by atoms with E-state index in [0.29, 0.717) is 19.0 Å². The van der Waals surface area contributed by atoms with Crippen LogP contribution in [-0.4, -0.2) is 23.3 Å². The molecule has 0 saturated heterocycles. The predicted octanol–water partition coefficient (Wildman–Crippen LogP) is 2.79. The van der Waals surface area contributed by atoms with E-state index in [4.69, 9.17) is 0 Å². The number of carbonyl (C=O) groups excluding carboxylic acids is 2. The maximum atomic E-state index is 12.2. The van der Waals surface area contributed by atoms with E-state index >= 15 is 0 Å². The van der Waals surface area contributed by atoms with Crippen LogP contribution in [0, 0.1) is 5.92 Å². The highest BCUT2D eigenvalue weighted by molar-refractivity contribution is 5.96. The van der Waals surface area contributed by atoms with Gasteiger partial charge in [0.05, 0.1) is 0 Å². The van der Waals surface area contributed by atoms with E-state index in [0.717, 1.165) is 12.0 Å². The first-order valence-corrected chi connectivity index (χ1v) is 8.13. The molecule has 0 aliphatic carbocycles. The third-order valence-corrected chi connectivity index (χ3v) is 3.52. The van der Waals surface area contributed by atoms with Crippen molar-refractivity contribution in [2.75, 3.05) is 6.54 Å². The Kier molecular flexibility index (Phi) is 6.49. The molecule has 0 bridgehead atoms. The molecule has 0 aliphatic heterocycles. The third-order valence-electron chi connectivity index (χ3n) is 3.52. The van der Waals surface area contributed by atoms with Crippen LogP contribution in [0.25, 0.3) is 0 Å². The van der Waals surface area contributed by atoms with Gasteiger partial charge < -0.3 is 10.6 Å². The molecule has 0 atom stereocenters. The summed E-state index contributed by atoms with van der Waals surface area (Å²) < 4.78 is 0. The SMILES string of the molecule is CC(C)CCNC(=O)c1cccc(C(=O)NCc2ccccc2)n1. The van der Waals surface area contributed by atoms with E-state index in [9.17, 15) is 9.59 Å². The van der Waals surface area contributed by atoms with Crippen LogP contribution in [0.1, 0.15) is 46.8 Å². The number of rotatable bonds is 7. The number of nitrogens with one attached hydrogen (secondary N) is 2. The summed E-state index contributed by atoms with van der Waals surface area (Å²) in [6.07, 6.45) is 0.906. The van der Waals surface area contributed by atoms with Crippen LogP contribution in [0.15, 0.2) is 48.5 Å². The lowest BCUT2D eigenvalue weighted by Crippen LogP contribution is -2.28. The molecule has 2 aromatic rings. The second-order valence-electron chi connectivity index (χ2n) is 6.01. The van der Waals surface area contributed by atoms with Crippen molar-refractivity contribution in [3.8, 4) is 0 Å². The number of hydrogen-bond donors (Lipinski definition) is 2. The van der Waals surface area contributed by atoms with E-state index in [-0.39, 0.29) is 23.2 Å². The minimum Gasteiger partial charge on any atom is -0.351 e. The molecule has 126 valence electrons. The quantitative estimate of drug-likeness (QED) is 0.822. The first-order valence-electron chi connectivity index (χ1n) is 8.13. The summed E-state index contributed by atoms with van der Waals surface area (Å²) in [5, 5.41) is 5.63. The molecule has 1 heterocycles. The maximum Gasteiger partial charge on any atom is 0.270 e. The van der Waals surface area contributed by atoms with Gasteiger partial charge in [0.1, 0.15) is 11.4 Å². The van der Waals surface area contributed by atoms with Crippen molar-refractivity contribution >= 4 is 11.8 Å². The fraction of sp³-hybridized carbons (Fsp3) is 0.316. The molecule has 24 heavy (non-hydrogen) atoms. The Morgan fingerprint density at radius 2 is 1.54 bits per heavy atom. The molecule has 0 radical (unpaired) electrons. The third kappa shape index (κ3) is 5.50. The Morgan fingerprint density at radius 3 is 2.17 bits per heavy atom. The zero-order valence-corrected chi connectivity index (χ0v) is 14.1. The van der Waals surface area contributed by atoms with E-state index in [2.05, 4.69) is 29.5 Å². The summed E-state index contributed by atoms with van der Waals surface area (Å²) in [5.74, 6) is -0.0302. The van der Waals surface area contributed by atoms with Crippen LogP contribution in [-0.2, 0) is 6.54 Å². The number of pyridine rings is 1. The average Bonchev–Trinajstić information content (AvgIpc) is 2.60. The van der Waals surface area contributed by atoms with Crippen LogP contribution in [0.5, 0.6) is 0 Å². The molecule has 2 rings (SSSR count). The van der Waals surface area contributed by atoms with Crippen molar-refractivity contribution < 1.29 is 9.59 Å². The molecule has 1 aromatic carbocycles. The number of aromatic nitrogens is 1. The highest BCUT2D eigenvalue weighted by Crippen LogP contribution is 2.03. The number of nitrogens with zero attached hydrogens (tertiary/aromatic N) is 1. The first-order chi connectivity index (χ1) is 11.6. The molecule has 0 aliphatic rings. The van der Waals surface area contributed by atoms with Crippen LogP contribution < -0.4 is 10.6 Å². The molecular weight excluding hydrogens is 302 g/mol. The summed E-state index contributed by atoms with van der Waals surface area (Å²) >= 11 is 0. The lowest BCUT2D eigenvalue weighted by atomic mass is 10.1. The minimum atomic E-state index is -0.296. The number of amides is 2. The van der Waals surface area contributed by atoms with Gasteiger partial charge in [-0.25, -0.2) is 4.98 Å². The van der Waals surface area contributed by atoms with Gasteiger partial charge >= 0.3 is 0 Å². The molecule has 2 N–H and O–H groups in total. The molecule has 2 amide bonds. The van der Waals surface area contributed by atoms with Gasteiger partial charge in [-0.05, 0) is 30.0 Å². The van der Waals surface area contributed by atoms with Crippen molar-refractivity contribution in [2.45, 2.75) is 26.8 Å². The Morgan fingerprint density at radius 1 is 0.917 bits per heavy atom. The zero-order valence-electron chi connectivity index (χ0n) is 14.1. The number of carbonyl (C=O) groups is 2. The Hall–Kier alpha value is -2.69. The van der Waals surface area contributed by atoms with Gasteiger partial charge in [0.2, 0.25) is 0 Å². The van der Waals surface area contributed by atoms with Crippen LogP contribution in [0.3, 0.4) is 0 Å². The van der Waals surface area contributed by atoms with Gasteiger partial charge in [-0.15, -0.1) is 0 Å². The lowest BCUT2D eigenvalue weighted by molar-refractivity contribution is 0.0942. The second-order valence-corrected chi connectivity index (χ2v) is 6.01. The van der Waals surface area contributed by atoms with E-state index in [1.807, 2.05) is 30.3 Å². The van der Waals surface area contributed by atoms with Gasteiger partial charge in [-0.3, -0.25) is 9.59 Å². The number of hydrogen-bond acceptors (Lipinski definition) is 3. The summed E-state index contributed by atoms with van der Waals surface area (Å²) in [7, 11) is 0. The topological polar surface area (TPSA) is 71.1 Å². The second kappa shape index (κ2) is 8.82. The van der Waals surface area contributed by atoms with Gasteiger partial charge in [0.15, 0.2) is 0 Å². The monoisotopic (exact) mass is 325 g/mol. The van der Waals surface area contributed by atoms with Gasteiger partial charge in [0.25, 0.3) is 11.8 Å². The first kappa shape index (κ1) is 17.7. The normalized spacial score (nSPS) is 10.5. The minimum absolute atomic E-state index is 0.238. The Balaban J connectivity index is 1.93. The summed E-state index contributed by atoms with van der Waals surface area (Å²) in [5.41, 5.74) is 1.50. The maximum absolute atomic E-state index is 12.2. The Labute approximate surface area is 142 Å². The van der Waals surface area contributed by atoms with Crippen molar-refractivity contribution in [2.24, 2.45) is 5.92 Å². The van der Waals surface area contributed by atoms with E-state index < -0.39 is 0 Å². The van der Waals surface area contributed by atoms with E-state index in [1.165, 1.54) is 0 Å². The lowest BCUT2D eigenvalue weighted by Gasteiger charge is -2.08. The molecule has 0 saturated carbocycles. The Bertz CT molecular complexity index is 684. The van der Waals surface area contributed by atoms with Crippen molar-refractivity contribution in [1.29, 1.82) is 0 Å². The molecule has 0 spiro atoms. The highest BCUT2D eigenvalue weighted by atomic mass is 16.2. The summed E-state index contributed by atoms with van der Waals surface area (Å²) in [6, 6.07) is 14.5. The van der Waals surface area contributed by atoms with Crippen molar-refractivity contribution in [3.63, 3.8) is 0 Å². The molecule has 0 fully saturated rings. The molecular formula is C19H23N3O2. The summed E-state index contributed by atoms with van der Waals surface area (Å²) in [4.78, 5) is 28.4. The van der Waals surface area contributed by atoms with Crippen molar-refractivity contribution in [1.82, 2.24) is 15.6 Å². The zero-order chi connectivity index (χ0) is 17.4. The number of benzene rings is 1. The van der Waals surface area contributed by atoms with Gasteiger partial charge in [0, 0.05) is 13.1 Å². The average molecular weight is 325 g/mol. The van der Waals surface area contributed by atoms with Gasteiger partial charge in [-0.1, -0.05) is 50.2 Å². The fourth-order valence-electron chi connectivity index (χ4n) is 2.12. The molecule has 5 heteroatoms. The highest BCUT2D eigenvalue weighted by Gasteiger charge is 2.12. The smallest absolute Gasteiger partial charge is 0.270 e. The predicted molar refractivity (Wildman–Crippen MR) is 93.6 cm³/mol. The largest absolute Gasteiger partial charge is 0.351 e. The fourth-order valence-corrected chi connectivity index (χ4v) is 2.12. The standard InChI is InChI=1S/C19H23N3O2/c1-14(2)11-12-20-18(23)16-9-6-10-17(22-16)19(24)21-13-15-7-4-3-5-8-15/h3-10,14H,11-13H2,1-2H3,(H,20,23)(H,21,24). The molecule has 5 nitrogen and oxygen atoms in total. The van der Waals surface area contributed by atoms with Crippen LogP contribution in [0.2, 0.25) is 0 Å². The molecule has 1 aromatic heterocycles. The van der Waals surface area contributed by atoms with Gasteiger partial charge in [-0.2, -0.15) is 0 Å². The van der Waals surface area contributed by atoms with Crippen LogP contribution >= 0.6 is 0 Å².